The average Bonchev–Trinajstić information content (AvgIpc) is 3.02. The molecule has 1 heterocycles. The monoisotopic (exact) mass is 605 g/mol. The number of benzene rings is 3. The molecule has 33 heavy (non-hydrogen) atoms. The lowest BCUT2D eigenvalue weighted by Gasteiger charge is -2.13. The van der Waals surface area contributed by atoms with Crippen molar-refractivity contribution in [3.8, 4) is 5.75 Å². The van der Waals surface area contributed by atoms with Crippen LogP contribution in [-0.2, 0) is 17.9 Å². The molecule has 0 atom stereocenters. The van der Waals surface area contributed by atoms with Gasteiger partial charge in [-0.05, 0) is 85.9 Å². The summed E-state index contributed by atoms with van der Waals surface area (Å²) in [5.41, 5.74) is 3.65. The first-order valence-electron chi connectivity index (χ1n) is 9.98. The maximum Gasteiger partial charge on any atom is 0.293 e. The number of thioether (sulfide) groups is 1. The number of rotatable bonds is 6. The van der Waals surface area contributed by atoms with E-state index in [-0.39, 0.29) is 17.7 Å². The first-order valence-corrected chi connectivity index (χ1v) is 12.8. The van der Waals surface area contributed by atoms with Crippen LogP contribution in [0.5, 0.6) is 5.75 Å². The maximum absolute atomic E-state index is 12.9. The van der Waals surface area contributed by atoms with E-state index >= 15 is 0 Å². The van der Waals surface area contributed by atoms with E-state index in [0.29, 0.717) is 31.2 Å². The van der Waals surface area contributed by atoms with E-state index in [0.717, 1.165) is 34.0 Å². The molecular formula is C25H18Br2ClNO3S. The lowest BCUT2D eigenvalue weighted by atomic mass is 10.1. The fourth-order valence-electron chi connectivity index (χ4n) is 3.35. The van der Waals surface area contributed by atoms with E-state index in [4.69, 9.17) is 16.3 Å². The zero-order valence-corrected chi connectivity index (χ0v) is 22.2. The Morgan fingerprint density at radius 1 is 1.03 bits per heavy atom. The van der Waals surface area contributed by atoms with Crippen LogP contribution in [0.1, 0.15) is 22.3 Å². The van der Waals surface area contributed by atoms with Gasteiger partial charge in [-0.15, -0.1) is 0 Å². The van der Waals surface area contributed by atoms with Gasteiger partial charge < -0.3 is 4.74 Å². The zero-order chi connectivity index (χ0) is 23.5. The van der Waals surface area contributed by atoms with Crippen molar-refractivity contribution in [2.45, 2.75) is 20.1 Å². The third kappa shape index (κ3) is 5.72. The van der Waals surface area contributed by atoms with Crippen LogP contribution in [0, 0.1) is 6.92 Å². The van der Waals surface area contributed by atoms with Crippen molar-refractivity contribution < 1.29 is 14.3 Å². The molecule has 2 amide bonds. The molecule has 0 saturated carbocycles. The Morgan fingerprint density at radius 3 is 2.45 bits per heavy atom. The molecule has 0 spiro atoms. The maximum atomic E-state index is 12.9. The minimum Gasteiger partial charge on any atom is -0.486 e. The van der Waals surface area contributed by atoms with Crippen molar-refractivity contribution in [1.82, 2.24) is 4.90 Å². The number of imide groups is 1. The van der Waals surface area contributed by atoms with Crippen molar-refractivity contribution in [3.63, 3.8) is 0 Å². The number of halogens is 3. The van der Waals surface area contributed by atoms with Gasteiger partial charge in [-0.2, -0.15) is 0 Å². The lowest BCUT2D eigenvalue weighted by Crippen LogP contribution is -2.27. The van der Waals surface area contributed by atoms with Gasteiger partial charge in [0.1, 0.15) is 12.4 Å². The van der Waals surface area contributed by atoms with E-state index in [1.165, 1.54) is 4.90 Å². The summed E-state index contributed by atoms with van der Waals surface area (Å²) in [5, 5.41) is 0.369. The number of amides is 2. The molecule has 0 radical (unpaired) electrons. The Kier molecular flexibility index (Phi) is 7.64. The van der Waals surface area contributed by atoms with Crippen molar-refractivity contribution in [3.05, 3.63) is 102 Å². The van der Waals surface area contributed by atoms with Gasteiger partial charge >= 0.3 is 0 Å². The van der Waals surface area contributed by atoms with Gasteiger partial charge in [0.25, 0.3) is 11.1 Å². The van der Waals surface area contributed by atoms with Crippen LogP contribution in [0.25, 0.3) is 6.08 Å². The Morgan fingerprint density at radius 2 is 1.76 bits per heavy atom. The molecule has 0 unspecified atom stereocenters. The predicted molar refractivity (Wildman–Crippen MR) is 140 cm³/mol. The molecule has 0 aromatic heterocycles. The quantitative estimate of drug-likeness (QED) is 0.267. The number of ether oxygens (including phenoxy) is 1. The Bertz CT molecular complexity index is 1260. The number of hydrogen-bond acceptors (Lipinski definition) is 4. The molecule has 1 aliphatic rings. The molecule has 0 N–H and O–H groups in total. The smallest absolute Gasteiger partial charge is 0.293 e. The average molecular weight is 608 g/mol. The molecule has 3 aromatic carbocycles. The zero-order valence-electron chi connectivity index (χ0n) is 17.5. The number of hydrogen-bond donors (Lipinski definition) is 0. The highest BCUT2D eigenvalue weighted by Crippen LogP contribution is 2.38. The molecule has 1 saturated heterocycles. The van der Waals surface area contributed by atoms with Crippen molar-refractivity contribution >= 4 is 72.4 Å². The largest absolute Gasteiger partial charge is 0.486 e. The summed E-state index contributed by atoms with van der Waals surface area (Å²) in [5.74, 6) is 0.331. The van der Waals surface area contributed by atoms with Crippen LogP contribution >= 0.6 is 55.2 Å². The van der Waals surface area contributed by atoms with Crippen LogP contribution in [0.2, 0.25) is 5.02 Å². The summed E-state index contributed by atoms with van der Waals surface area (Å²) >= 11 is 14.2. The van der Waals surface area contributed by atoms with Gasteiger partial charge in [0.2, 0.25) is 0 Å². The molecule has 4 nitrogen and oxygen atoms in total. The van der Waals surface area contributed by atoms with Crippen LogP contribution in [0.4, 0.5) is 4.79 Å². The fraction of sp³-hybridized carbons (Fsp3) is 0.120. The first kappa shape index (κ1) is 24.1. The second kappa shape index (κ2) is 10.5. The van der Waals surface area contributed by atoms with Crippen LogP contribution in [0.3, 0.4) is 0 Å². The normalized spacial score (nSPS) is 14.9. The van der Waals surface area contributed by atoms with Gasteiger partial charge in [-0.25, -0.2) is 0 Å². The summed E-state index contributed by atoms with van der Waals surface area (Å²) in [6, 6.07) is 19.0. The van der Waals surface area contributed by atoms with Crippen molar-refractivity contribution in [2.24, 2.45) is 0 Å². The van der Waals surface area contributed by atoms with E-state index in [2.05, 4.69) is 31.9 Å². The molecule has 168 valence electrons. The van der Waals surface area contributed by atoms with Gasteiger partial charge in [0.15, 0.2) is 0 Å². The predicted octanol–water partition coefficient (Wildman–Crippen LogP) is 7.99. The first-order chi connectivity index (χ1) is 15.8. The minimum atomic E-state index is -0.294. The van der Waals surface area contributed by atoms with Crippen LogP contribution < -0.4 is 4.74 Å². The number of carbonyl (C=O) groups is 2. The standard InChI is InChI=1S/C25H18Br2ClNO3S/c1-15-5-4-6-16(9-15)13-29-24(30)22(33-25(29)31)12-17-10-19(26)23(20(27)11-17)32-14-18-7-2-3-8-21(18)28/h2-12H,13-14H2,1H3/b22-12-. The second-order valence-electron chi connectivity index (χ2n) is 7.45. The molecule has 3 aromatic rings. The number of nitrogens with zero attached hydrogens (tertiary/aromatic N) is 1. The Balaban J connectivity index is 1.51. The lowest BCUT2D eigenvalue weighted by molar-refractivity contribution is -0.123. The Hall–Kier alpha value is -2.06. The number of aryl methyl sites for hydroxylation is 1. The van der Waals surface area contributed by atoms with Gasteiger partial charge in [0.05, 0.1) is 20.4 Å². The summed E-state index contributed by atoms with van der Waals surface area (Å²) < 4.78 is 7.39. The molecule has 0 aliphatic carbocycles. The molecule has 4 rings (SSSR count). The molecule has 0 bridgehead atoms. The van der Waals surface area contributed by atoms with Crippen molar-refractivity contribution in [1.29, 1.82) is 0 Å². The highest BCUT2D eigenvalue weighted by molar-refractivity contribution is 9.11. The summed E-state index contributed by atoms with van der Waals surface area (Å²) in [6.45, 7) is 2.55. The molecule has 1 fully saturated rings. The third-order valence-corrected chi connectivity index (χ3v) is 7.40. The van der Waals surface area contributed by atoms with Gasteiger partial charge in [0, 0.05) is 10.6 Å². The van der Waals surface area contributed by atoms with E-state index in [1.54, 1.807) is 6.08 Å². The summed E-state index contributed by atoms with van der Waals surface area (Å²) in [6.07, 6.45) is 1.72. The fourth-order valence-corrected chi connectivity index (χ4v) is 5.83. The van der Waals surface area contributed by atoms with Crippen LogP contribution in [0.15, 0.2) is 74.5 Å². The summed E-state index contributed by atoms with van der Waals surface area (Å²) in [7, 11) is 0. The van der Waals surface area contributed by atoms with Gasteiger partial charge in [-0.1, -0.05) is 59.6 Å². The van der Waals surface area contributed by atoms with E-state index in [9.17, 15) is 9.59 Å². The third-order valence-electron chi connectivity index (χ3n) is 4.94. The molecule has 8 heteroatoms. The topological polar surface area (TPSA) is 46.6 Å². The minimum absolute atomic E-state index is 0.256. The molecular weight excluding hydrogens is 590 g/mol. The summed E-state index contributed by atoms with van der Waals surface area (Å²) in [4.78, 5) is 27.0. The highest BCUT2D eigenvalue weighted by atomic mass is 79.9. The Labute approximate surface area is 218 Å². The van der Waals surface area contributed by atoms with E-state index in [1.807, 2.05) is 67.6 Å². The number of carbonyl (C=O) groups excluding carboxylic acids is 2. The van der Waals surface area contributed by atoms with Crippen molar-refractivity contribution in [2.75, 3.05) is 0 Å². The van der Waals surface area contributed by atoms with E-state index < -0.39 is 0 Å². The highest BCUT2D eigenvalue weighted by Gasteiger charge is 2.35. The van der Waals surface area contributed by atoms with Gasteiger partial charge in [-0.3, -0.25) is 14.5 Å². The van der Waals surface area contributed by atoms with Crippen LogP contribution in [-0.4, -0.2) is 16.0 Å². The SMILES string of the molecule is Cc1cccc(CN2C(=O)S/C(=C\c3cc(Br)c(OCc4ccccc4Cl)c(Br)c3)C2=O)c1. The molecule has 1 aliphatic heterocycles. The second-order valence-corrected chi connectivity index (χ2v) is 10.6.